The summed E-state index contributed by atoms with van der Waals surface area (Å²) in [6.45, 7) is 4.98. The molecule has 0 bridgehead atoms. The molecule has 0 rings (SSSR count). The molecule has 0 aliphatic carbocycles. The molecule has 1 N–H and O–H groups in total. The third-order valence-electron chi connectivity index (χ3n) is 0.726. The van der Waals surface area contributed by atoms with E-state index in [4.69, 9.17) is 4.80 Å². The molecule has 0 amide bonds. The lowest BCUT2D eigenvalue weighted by Gasteiger charge is -2.04. The summed E-state index contributed by atoms with van der Waals surface area (Å²) in [5, 5.41) is 0. The molecule has 0 heterocycles. The van der Waals surface area contributed by atoms with E-state index in [2.05, 4.69) is 0 Å². The van der Waals surface area contributed by atoms with E-state index in [1.165, 1.54) is 13.0 Å². The topological polar surface area (TPSA) is 37.3 Å². The smallest absolute Gasteiger partial charge is 0.207 e. The van der Waals surface area contributed by atoms with Crippen molar-refractivity contribution in [2.45, 2.75) is 20.0 Å². The highest BCUT2D eigenvalue weighted by Crippen LogP contribution is 1.96. The lowest BCUT2D eigenvalue weighted by molar-refractivity contribution is -0.112. The molecule has 2 nitrogen and oxygen atoms in total. The molecule has 9 heavy (non-hydrogen) atoms. The summed E-state index contributed by atoms with van der Waals surface area (Å²) >= 11 is 0. The van der Waals surface area contributed by atoms with E-state index in [0.717, 1.165) is 0 Å². The minimum absolute atomic E-state index is 0.00961. The summed E-state index contributed by atoms with van der Waals surface area (Å²) in [5.74, 6) is -0.00961. The van der Waals surface area contributed by atoms with Crippen molar-refractivity contribution in [1.82, 2.24) is 0 Å². The summed E-state index contributed by atoms with van der Waals surface area (Å²) in [6.07, 6.45) is 1.42. The molecule has 0 saturated heterocycles. The average Bonchev–Trinajstić information content (AvgIpc) is 1.59. The van der Waals surface area contributed by atoms with Gasteiger partial charge in [-0.2, -0.15) is 0 Å². The van der Waals surface area contributed by atoms with Gasteiger partial charge in [0, 0.05) is 0 Å². The maximum atomic E-state index is 10.3. The molecule has 0 aliphatic heterocycles. The van der Waals surface area contributed by atoms with Crippen LogP contribution >= 0.6 is 0 Å². The van der Waals surface area contributed by atoms with Crippen molar-refractivity contribution in [2.24, 2.45) is 0 Å². The Labute approximate surface area is 56.3 Å². The van der Waals surface area contributed by atoms with E-state index in [9.17, 15) is 4.79 Å². The van der Waals surface area contributed by atoms with Crippen molar-refractivity contribution in [2.75, 3.05) is 0 Å². The molecule has 0 aromatic heterocycles. The molecule has 0 saturated carbocycles. The minimum Gasteiger partial charge on any atom is -0.428 e. The summed E-state index contributed by atoms with van der Waals surface area (Å²) in [4.78, 5) is 19.5. The van der Waals surface area contributed by atoms with Crippen LogP contribution in [0.1, 0.15) is 6.92 Å². The molecule has 0 unspecified atom stereocenters. The van der Waals surface area contributed by atoms with Crippen LogP contribution in [0.15, 0.2) is 11.8 Å². The average molecular weight is 144 g/mol. The number of hydrogen-bond acceptors (Lipinski definition) is 2. The zero-order valence-electron chi connectivity index (χ0n) is 6.01. The van der Waals surface area contributed by atoms with Crippen molar-refractivity contribution in [1.29, 1.82) is 0 Å². The quantitative estimate of drug-likeness (QED) is 0.461. The summed E-state index contributed by atoms with van der Waals surface area (Å²) in [7, 11) is -2.12. The maximum absolute atomic E-state index is 10.3. The van der Waals surface area contributed by atoms with Gasteiger partial charge in [-0.05, 0) is 26.1 Å². The summed E-state index contributed by atoms with van der Waals surface area (Å²) < 4.78 is 0. The Morgan fingerprint density at radius 2 is 2.00 bits per heavy atom. The molecule has 0 fully saturated rings. The van der Waals surface area contributed by atoms with Gasteiger partial charge >= 0.3 is 0 Å². The largest absolute Gasteiger partial charge is 0.428 e. The number of carbonyl (C=O) groups excluding carboxylic acids is 1. The van der Waals surface area contributed by atoms with Crippen molar-refractivity contribution < 1.29 is 9.59 Å². The molecule has 0 aliphatic rings. The Morgan fingerprint density at radius 3 is 2.11 bits per heavy atom. The first-order valence-corrected chi connectivity index (χ1v) is 5.86. The van der Waals surface area contributed by atoms with E-state index in [1.807, 2.05) is 0 Å². The van der Waals surface area contributed by atoms with Gasteiger partial charge in [-0.15, -0.1) is 0 Å². The zero-order chi connectivity index (χ0) is 7.49. The van der Waals surface area contributed by atoms with Crippen LogP contribution in [0.2, 0.25) is 13.1 Å². The number of hydrogen-bond donors (Lipinski definition) is 1. The van der Waals surface area contributed by atoms with Crippen LogP contribution < -0.4 is 0 Å². The first-order valence-electron chi connectivity index (χ1n) is 2.84. The second-order valence-corrected chi connectivity index (χ2v) is 6.24. The first kappa shape index (κ1) is 8.59. The van der Waals surface area contributed by atoms with Gasteiger partial charge in [-0.3, -0.25) is 4.79 Å². The van der Waals surface area contributed by atoms with Crippen LogP contribution in [-0.4, -0.2) is 18.9 Å². The Bertz CT molecular complexity index is 132. The predicted octanol–water partition coefficient (Wildman–Crippen LogP) is 0.868. The van der Waals surface area contributed by atoms with Gasteiger partial charge in [0.05, 0.1) is 0 Å². The molecule has 0 spiro atoms. The van der Waals surface area contributed by atoms with E-state index in [-0.39, 0.29) is 5.78 Å². The fourth-order valence-corrected chi connectivity index (χ4v) is 0.964. The second-order valence-electron chi connectivity index (χ2n) is 2.60. The fraction of sp³-hybridized carbons (Fsp3) is 0.500. The predicted molar refractivity (Wildman–Crippen MR) is 39.5 cm³/mol. The maximum Gasteiger partial charge on any atom is 0.207 e. The number of rotatable bonds is 2. The van der Waals surface area contributed by atoms with E-state index < -0.39 is 8.32 Å². The van der Waals surface area contributed by atoms with Crippen molar-refractivity contribution >= 4 is 14.1 Å². The Balaban J connectivity index is 3.86. The third kappa shape index (κ3) is 7.59. The molecule has 0 radical (unpaired) electrons. The molecular formula is C6H12O2Si. The van der Waals surface area contributed by atoms with Crippen LogP contribution in [0.4, 0.5) is 0 Å². The molecule has 0 aromatic rings. The lowest BCUT2D eigenvalue weighted by Crippen LogP contribution is -2.21. The molecule has 0 aromatic carbocycles. The second kappa shape index (κ2) is 2.94. The summed E-state index contributed by atoms with van der Waals surface area (Å²) in [6, 6.07) is 0. The van der Waals surface area contributed by atoms with Gasteiger partial charge < -0.3 is 4.80 Å². The Kier molecular flexibility index (Phi) is 2.80. The molecule has 0 atom stereocenters. The molecule has 52 valence electrons. The van der Waals surface area contributed by atoms with Crippen molar-refractivity contribution in [3.05, 3.63) is 11.8 Å². The number of ketones is 1. The molecule has 3 heteroatoms. The van der Waals surface area contributed by atoms with E-state index in [1.54, 1.807) is 18.8 Å². The highest BCUT2D eigenvalue weighted by atomic mass is 28.4. The highest BCUT2D eigenvalue weighted by molar-refractivity contribution is 6.75. The minimum atomic E-state index is -2.12. The highest BCUT2D eigenvalue weighted by Gasteiger charge is 2.10. The SMILES string of the molecule is CC(=O)/C=C/[Si](C)(C)O. The van der Waals surface area contributed by atoms with Crippen LogP contribution in [0.25, 0.3) is 0 Å². The van der Waals surface area contributed by atoms with Gasteiger partial charge in [-0.25, -0.2) is 0 Å². The number of carbonyl (C=O) groups is 1. The third-order valence-corrected chi connectivity index (χ3v) is 1.71. The fourth-order valence-electron chi connectivity index (χ4n) is 0.321. The Hall–Kier alpha value is -0.413. The van der Waals surface area contributed by atoms with Crippen molar-refractivity contribution in [3.8, 4) is 0 Å². The van der Waals surface area contributed by atoms with Crippen molar-refractivity contribution in [3.63, 3.8) is 0 Å². The zero-order valence-corrected chi connectivity index (χ0v) is 7.01. The van der Waals surface area contributed by atoms with E-state index in [0.29, 0.717) is 0 Å². The lowest BCUT2D eigenvalue weighted by atomic mass is 10.5. The van der Waals surface area contributed by atoms with Gasteiger partial charge in [0.2, 0.25) is 8.32 Å². The standard InChI is InChI=1S/C6H12O2Si/c1-6(7)4-5-9(2,3)8/h4-5,8H,1-3H3/b5-4+. The van der Waals surface area contributed by atoms with Crippen LogP contribution in [0.5, 0.6) is 0 Å². The summed E-state index contributed by atoms with van der Waals surface area (Å²) in [5.41, 5.74) is 1.61. The monoisotopic (exact) mass is 144 g/mol. The Morgan fingerprint density at radius 1 is 1.56 bits per heavy atom. The first-order chi connectivity index (χ1) is 3.92. The van der Waals surface area contributed by atoms with Crippen LogP contribution in [0.3, 0.4) is 0 Å². The normalized spacial score (nSPS) is 12.4. The number of allylic oxidation sites excluding steroid dienone is 1. The van der Waals surface area contributed by atoms with Gasteiger partial charge in [0.15, 0.2) is 5.78 Å². The van der Waals surface area contributed by atoms with Crippen LogP contribution in [-0.2, 0) is 4.79 Å². The van der Waals surface area contributed by atoms with Crippen LogP contribution in [0, 0.1) is 0 Å². The molecular weight excluding hydrogens is 132 g/mol. The van der Waals surface area contributed by atoms with Gasteiger partial charge in [0.25, 0.3) is 0 Å². The van der Waals surface area contributed by atoms with Gasteiger partial charge in [0.1, 0.15) is 0 Å². The van der Waals surface area contributed by atoms with Gasteiger partial charge in [-0.1, -0.05) is 5.70 Å². The van der Waals surface area contributed by atoms with E-state index >= 15 is 0 Å².